The zero-order valence-corrected chi connectivity index (χ0v) is 11.6. The number of fused-ring (bicyclic) bond motifs is 1. The first-order valence-corrected chi connectivity index (χ1v) is 7.28. The van der Waals surface area contributed by atoms with Gasteiger partial charge in [0.15, 0.2) is 0 Å². The topological polar surface area (TPSA) is 50.2 Å². The molecule has 0 atom stereocenters. The minimum atomic E-state index is 0.0961. The number of amides is 2. The molecule has 0 bridgehead atoms. The van der Waals surface area contributed by atoms with E-state index in [-0.39, 0.29) is 6.03 Å². The Morgan fingerprint density at radius 2 is 2.16 bits per heavy atom. The van der Waals surface area contributed by atoms with E-state index in [0.717, 1.165) is 31.5 Å². The fourth-order valence-corrected chi connectivity index (χ4v) is 3.10. The van der Waals surface area contributed by atoms with Gasteiger partial charge in [-0.3, -0.25) is 0 Å². The molecule has 1 aromatic heterocycles. The maximum atomic E-state index is 12.3. The molecule has 1 aromatic rings. The summed E-state index contributed by atoms with van der Waals surface area (Å²) in [4.78, 5) is 18.6. The van der Waals surface area contributed by atoms with Crippen LogP contribution < -0.4 is 5.32 Å². The molecule has 104 valence electrons. The fourth-order valence-electron chi connectivity index (χ4n) is 3.10. The molecule has 2 aliphatic rings. The Labute approximate surface area is 114 Å². The average molecular weight is 262 g/mol. The van der Waals surface area contributed by atoms with Crippen molar-refractivity contribution in [3.8, 4) is 0 Å². The third kappa shape index (κ3) is 2.60. The van der Waals surface area contributed by atoms with E-state index in [2.05, 4.69) is 10.3 Å². The van der Waals surface area contributed by atoms with Gasteiger partial charge in [-0.25, -0.2) is 9.78 Å². The lowest BCUT2D eigenvalue weighted by Gasteiger charge is -2.30. The largest absolute Gasteiger partial charge is 0.336 e. The molecule has 1 aliphatic heterocycles. The molecule has 1 fully saturated rings. The molecule has 2 amide bonds. The third-order valence-electron chi connectivity index (χ3n) is 4.32. The van der Waals surface area contributed by atoms with Gasteiger partial charge in [0.2, 0.25) is 0 Å². The van der Waals surface area contributed by atoms with Crippen LogP contribution in [-0.4, -0.2) is 33.1 Å². The summed E-state index contributed by atoms with van der Waals surface area (Å²) in [5.41, 5.74) is 2.31. The molecular weight excluding hydrogens is 240 g/mol. The van der Waals surface area contributed by atoms with Gasteiger partial charge in [-0.05, 0) is 12.8 Å². The van der Waals surface area contributed by atoms with E-state index in [4.69, 9.17) is 0 Å². The second kappa shape index (κ2) is 5.23. The molecule has 1 N–H and O–H groups in total. The Hall–Kier alpha value is -1.52. The van der Waals surface area contributed by atoms with Crippen LogP contribution in [0.4, 0.5) is 4.79 Å². The smallest absolute Gasteiger partial charge is 0.317 e. The predicted octanol–water partition coefficient (Wildman–Crippen LogP) is 1.82. The second-order valence-corrected chi connectivity index (χ2v) is 5.70. The van der Waals surface area contributed by atoms with Gasteiger partial charge in [-0.1, -0.05) is 19.3 Å². The van der Waals surface area contributed by atoms with E-state index in [0.29, 0.717) is 12.6 Å². The molecule has 1 aliphatic carbocycles. The van der Waals surface area contributed by atoms with E-state index in [1.807, 2.05) is 22.8 Å². The van der Waals surface area contributed by atoms with Gasteiger partial charge < -0.3 is 14.8 Å². The van der Waals surface area contributed by atoms with E-state index < -0.39 is 0 Å². The lowest BCUT2D eigenvalue weighted by molar-refractivity contribution is 0.183. The van der Waals surface area contributed by atoms with Crippen LogP contribution in [0.25, 0.3) is 0 Å². The van der Waals surface area contributed by atoms with Crippen molar-refractivity contribution >= 4 is 6.03 Å². The second-order valence-electron chi connectivity index (χ2n) is 5.70. The number of carbonyl (C=O) groups is 1. The molecular formula is C14H22N4O. The highest BCUT2D eigenvalue weighted by Gasteiger charge is 2.25. The van der Waals surface area contributed by atoms with Crippen LogP contribution in [0.5, 0.6) is 0 Å². The number of nitrogens with one attached hydrogen (secondary N) is 1. The summed E-state index contributed by atoms with van der Waals surface area (Å²) < 4.78 is 2.02. The summed E-state index contributed by atoms with van der Waals surface area (Å²) in [6.45, 7) is 1.47. The van der Waals surface area contributed by atoms with Gasteiger partial charge in [0.25, 0.3) is 0 Å². The van der Waals surface area contributed by atoms with E-state index >= 15 is 0 Å². The first kappa shape index (κ1) is 12.5. The molecule has 1 saturated carbocycles. The maximum absolute atomic E-state index is 12.3. The van der Waals surface area contributed by atoms with Crippen molar-refractivity contribution in [2.24, 2.45) is 7.05 Å². The highest BCUT2D eigenvalue weighted by Crippen LogP contribution is 2.20. The van der Waals surface area contributed by atoms with Crippen LogP contribution in [0.2, 0.25) is 0 Å². The summed E-state index contributed by atoms with van der Waals surface area (Å²) in [6.07, 6.45) is 8.79. The van der Waals surface area contributed by atoms with Gasteiger partial charge in [0.05, 0.1) is 24.3 Å². The van der Waals surface area contributed by atoms with E-state index in [9.17, 15) is 4.79 Å². The van der Waals surface area contributed by atoms with Crippen molar-refractivity contribution in [3.63, 3.8) is 0 Å². The Kier molecular flexibility index (Phi) is 3.44. The lowest BCUT2D eigenvalue weighted by Crippen LogP contribution is -2.47. The number of carbonyl (C=O) groups excluding carboxylic acids is 1. The lowest BCUT2D eigenvalue weighted by atomic mass is 9.96. The quantitative estimate of drug-likeness (QED) is 0.839. The van der Waals surface area contributed by atoms with Crippen molar-refractivity contribution in [2.45, 2.75) is 51.1 Å². The molecule has 0 saturated heterocycles. The van der Waals surface area contributed by atoms with Crippen LogP contribution in [0.15, 0.2) is 6.33 Å². The molecule has 5 heteroatoms. The molecule has 0 aromatic carbocycles. The standard InChI is InChI=1S/C14H22N4O/c1-17-10-15-12-7-8-18(9-13(12)17)14(19)16-11-5-3-2-4-6-11/h10-11H,2-9H2,1H3,(H,16,19). The number of nitrogens with zero attached hydrogens (tertiary/aromatic N) is 3. The number of imidazole rings is 1. The Balaban J connectivity index is 1.60. The number of urea groups is 1. The minimum absolute atomic E-state index is 0.0961. The first-order chi connectivity index (χ1) is 9.24. The van der Waals surface area contributed by atoms with Crippen molar-refractivity contribution in [1.82, 2.24) is 19.8 Å². The molecule has 19 heavy (non-hydrogen) atoms. The Morgan fingerprint density at radius 1 is 1.37 bits per heavy atom. The number of aryl methyl sites for hydroxylation is 1. The van der Waals surface area contributed by atoms with Gasteiger partial charge in [0.1, 0.15) is 0 Å². The first-order valence-electron chi connectivity index (χ1n) is 7.28. The number of hydrogen-bond donors (Lipinski definition) is 1. The third-order valence-corrected chi connectivity index (χ3v) is 4.32. The molecule has 2 heterocycles. The van der Waals surface area contributed by atoms with Crippen LogP contribution in [0.1, 0.15) is 43.5 Å². The van der Waals surface area contributed by atoms with Crippen LogP contribution in [0, 0.1) is 0 Å². The Bertz CT molecular complexity index is 462. The Morgan fingerprint density at radius 3 is 2.95 bits per heavy atom. The van der Waals surface area contributed by atoms with Crippen LogP contribution in [-0.2, 0) is 20.0 Å². The summed E-state index contributed by atoms with van der Waals surface area (Å²) in [5.74, 6) is 0. The van der Waals surface area contributed by atoms with Gasteiger partial charge in [0, 0.05) is 26.1 Å². The number of aromatic nitrogens is 2. The molecule has 0 spiro atoms. The van der Waals surface area contributed by atoms with Gasteiger partial charge in [-0.15, -0.1) is 0 Å². The van der Waals surface area contributed by atoms with Gasteiger partial charge >= 0.3 is 6.03 Å². The van der Waals surface area contributed by atoms with Crippen molar-refractivity contribution in [1.29, 1.82) is 0 Å². The summed E-state index contributed by atoms with van der Waals surface area (Å²) >= 11 is 0. The normalized spacial score (nSPS) is 20.2. The monoisotopic (exact) mass is 262 g/mol. The average Bonchev–Trinajstić information content (AvgIpc) is 2.81. The zero-order valence-electron chi connectivity index (χ0n) is 11.6. The molecule has 3 rings (SSSR count). The van der Waals surface area contributed by atoms with Crippen molar-refractivity contribution in [2.75, 3.05) is 6.54 Å². The highest BCUT2D eigenvalue weighted by atomic mass is 16.2. The number of hydrogen-bond acceptors (Lipinski definition) is 2. The maximum Gasteiger partial charge on any atom is 0.317 e. The van der Waals surface area contributed by atoms with Crippen molar-refractivity contribution in [3.05, 3.63) is 17.7 Å². The highest BCUT2D eigenvalue weighted by molar-refractivity contribution is 5.74. The minimum Gasteiger partial charge on any atom is -0.336 e. The van der Waals surface area contributed by atoms with E-state index in [1.165, 1.54) is 25.0 Å². The molecule has 0 unspecified atom stereocenters. The summed E-state index contributed by atoms with van der Waals surface area (Å²) in [7, 11) is 1.99. The number of rotatable bonds is 1. The van der Waals surface area contributed by atoms with Crippen LogP contribution >= 0.6 is 0 Å². The molecule has 0 radical (unpaired) electrons. The van der Waals surface area contributed by atoms with Gasteiger partial charge in [-0.2, -0.15) is 0 Å². The van der Waals surface area contributed by atoms with Crippen molar-refractivity contribution < 1.29 is 4.79 Å². The predicted molar refractivity (Wildman–Crippen MR) is 72.7 cm³/mol. The summed E-state index contributed by atoms with van der Waals surface area (Å²) in [5, 5.41) is 3.19. The fraction of sp³-hybridized carbons (Fsp3) is 0.714. The molecule has 5 nitrogen and oxygen atoms in total. The zero-order chi connectivity index (χ0) is 13.2. The summed E-state index contributed by atoms with van der Waals surface area (Å²) in [6, 6.07) is 0.480. The SMILES string of the molecule is Cn1cnc2c1CN(C(=O)NC1CCCCC1)CC2. The van der Waals surface area contributed by atoms with E-state index in [1.54, 1.807) is 0 Å². The van der Waals surface area contributed by atoms with Crippen LogP contribution in [0.3, 0.4) is 0 Å².